The minimum absolute atomic E-state index is 0.136. The topological polar surface area (TPSA) is 80.3 Å². The highest BCUT2D eigenvalue weighted by Crippen LogP contribution is 2.32. The Kier molecular flexibility index (Phi) is 2.99. The van der Waals surface area contributed by atoms with Crippen LogP contribution in [-0.2, 0) is 21.7 Å². The molecule has 84 valence electrons. The molecule has 1 aromatic rings. The van der Waals surface area contributed by atoms with Gasteiger partial charge in [-0.3, -0.25) is 5.10 Å². The summed E-state index contributed by atoms with van der Waals surface area (Å²) in [7, 11) is 1.65. The summed E-state index contributed by atoms with van der Waals surface area (Å²) in [6, 6.07) is 0. The van der Waals surface area contributed by atoms with Crippen LogP contribution in [0.15, 0.2) is 0 Å². The van der Waals surface area contributed by atoms with E-state index in [2.05, 4.69) is 15.2 Å². The molecule has 0 atom stereocenters. The van der Waals surface area contributed by atoms with Gasteiger partial charge in [-0.1, -0.05) is 0 Å². The monoisotopic (exact) mass is 213 g/mol. The summed E-state index contributed by atoms with van der Waals surface area (Å²) in [5.74, 6) is 1.07. The Balaban J connectivity index is 2.24. The summed E-state index contributed by atoms with van der Waals surface area (Å²) in [4.78, 5) is 4.20. The van der Waals surface area contributed by atoms with Crippen molar-refractivity contribution >= 4 is 0 Å². The van der Waals surface area contributed by atoms with Crippen LogP contribution >= 0.6 is 0 Å². The molecule has 0 bridgehead atoms. The van der Waals surface area contributed by atoms with Gasteiger partial charge in [-0.2, -0.15) is 5.10 Å². The number of aromatic nitrogens is 3. The number of aromatic amines is 1. The lowest BCUT2D eigenvalue weighted by molar-refractivity contribution is -0.0998. The summed E-state index contributed by atoms with van der Waals surface area (Å²) in [6.45, 7) is 1.16. The van der Waals surface area contributed by atoms with Crippen LogP contribution in [0.2, 0.25) is 0 Å². The van der Waals surface area contributed by atoms with Gasteiger partial charge < -0.3 is 14.6 Å². The molecule has 0 aromatic carbocycles. The fourth-order valence-electron chi connectivity index (χ4n) is 1.79. The largest absolute Gasteiger partial charge is 0.388 e. The SMILES string of the molecule is COC1(c2n[nH]c(CO)n2)CCOCC1. The maximum absolute atomic E-state index is 8.91. The molecule has 1 aliphatic rings. The summed E-state index contributed by atoms with van der Waals surface area (Å²) < 4.78 is 10.8. The third-order valence-electron chi connectivity index (χ3n) is 2.78. The molecule has 0 saturated carbocycles. The highest BCUT2D eigenvalue weighted by Gasteiger charge is 2.38. The third-order valence-corrected chi connectivity index (χ3v) is 2.78. The minimum atomic E-state index is -0.456. The van der Waals surface area contributed by atoms with E-state index < -0.39 is 5.60 Å². The van der Waals surface area contributed by atoms with Crippen molar-refractivity contribution in [1.82, 2.24) is 15.2 Å². The summed E-state index contributed by atoms with van der Waals surface area (Å²) >= 11 is 0. The Labute approximate surface area is 87.6 Å². The second-order valence-corrected chi connectivity index (χ2v) is 3.57. The van der Waals surface area contributed by atoms with Crippen molar-refractivity contribution < 1.29 is 14.6 Å². The van der Waals surface area contributed by atoms with E-state index in [0.717, 1.165) is 12.8 Å². The van der Waals surface area contributed by atoms with Gasteiger partial charge in [0, 0.05) is 33.2 Å². The van der Waals surface area contributed by atoms with Gasteiger partial charge in [0.05, 0.1) is 0 Å². The molecule has 2 N–H and O–H groups in total. The van der Waals surface area contributed by atoms with Crippen LogP contribution in [0.5, 0.6) is 0 Å². The predicted molar refractivity (Wildman–Crippen MR) is 51.0 cm³/mol. The fraction of sp³-hybridized carbons (Fsp3) is 0.778. The van der Waals surface area contributed by atoms with E-state index in [0.29, 0.717) is 24.9 Å². The number of aliphatic hydroxyl groups excluding tert-OH is 1. The predicted octanol–water partition coefficient (Wildman–Crippen LogP) is -0.0509. The first-order valence-corrected chi connectivity index (χ1v) is 4.96. The highest BCUT2D eigenvalue weighted by molar-refractivity contribution is 5.04. The molecule has 1 aliphatic heterocycles. The van der Waals surface area contributed by atoms with E-state index in [9.17, 15) is 0 Å². The Morgan fingerprint density at radius 1 is 1.53 bits per heavy atom. The van der Waals surface area contributed by atoms with Gasteiger partial charge in [-0.15, -0.1) is 0 Å². The van der Waals surface area contributed by atoms with Gasteiger partial charge in [0.1, 0.15) is 18.0 Å². The molecule has 2 heterocycles. The third kappa shape index (κ3) is 1.88. The zero-order chi connectivity index (χ0) is 10.7. The lowest BCUT2D eigenvalue weighted by Crippen LogP contribution is -2.36. The van der Waals surface area contributed by atoms with E-state index >= 15 is 0 Å². The molecule has 0 amide bonds. The summed E-state index contributed by atoms with van der Waals surface area (Å²) in [5.41, 5.74) is -0.456. The summed E-state index contributed by atoms with van der Waals surface area (Å²) in [6.07, 6.45) is 1.48. The highest BCUT2D eigenvalue weighted by atomic mass is 16.5. The first-order chi connectivity index (χ1) is 7.30. The van der Waals surface area contributed by atoms with Crippen molar-refractivity contribution in [3.63, 3.8) is 0 Å². The van der Waals surface area contributed by atoms with Gasteiger partial charge >= 0.3 is 0 Å². The van der Waals surface area contributed by atoms with Crippen LogP contribution in [0.3, 0.4) is 0 Å². The number of hydrogen-bond donors (Lipinski definition) is 2. The molecule has 0 unspecified atom stereocenters. The van der Waals surface area contributed by atoms with E-state index in [-0.39, 0.29) is 6.61 Å². The molecule has 0 aliphatic carbocycles. The Morgan fingerprint density at radius 2 is 2.27 bits per heavy atom. The number of methoxy groups -OCH3 is 1. The zero-order valence-corrected chi connectivity index (χ0v) is 8.69. The average Bonchev–Trinajstić information content (AvgIpc) is 2.79. The molecule has 0 spiro atoms. The summed E-state index contributed by atoms with van der Waals surface area (Å²) in [5, 5.41) is 15.7. The Morgan fingerprint density at radius 3 is 2.80 bits per heavy atom. The van der Waals surface area contributed by atoms with Crippen molar-refractivity contribution in [2.24, 2.45) is 0 Å². The van der Waals surface area contributed by atoms with Crippen LogP contribution in [-0.4, -0.2) is 40.6 Å². The lowest BCUT2D eigenvalue weighted by atomic mass is 9.93. The number of nitrogens with one attached hydrogen (secondary N) is 1. The standard InChI is InChI=1S/C9H15N3O3/c1-14-9(2-4-15-5-3-9)8-10-7(6-13)11-12-8/h13H,2-6H2,1H3,(H,10,11,12). The second kappa shape index (κ2) is 4.26. The van der Waals surface area contributed by atoms with E-state index in [1.54, 1.807) is 7.11 Å². The quantitative estimate of drug-likeness (QED) is 0.735. The van der Waals surface area contributed by atoms with Crippen LogP contribution in [0.4, 0.5) is 0 Å². The molecule has 1 saturated heterocycles. The van der Waals surface area contributed by atoms with Gasteiger partial charge in [0.15, 0.2) is 5.82 Å². The molecule has 6 heteroatoms. The van der Waals surface area contributed by atoms with E-state index in [4.69, 9.17) is 14.6 Å². The Hall–Kier alpha value is -0.980. The normalized spacial score (nSPS) is 20.4. The maximum Gasteiger partial charge on any atom is 0.182 e. The van der Waals surface area contributed by atoms with Crippen molar-refractivity contribution in [2.45, 2.75) is 25.0 Å². The number of nitrogens with zero attached hydrogens (tertiary/aromatic N) is 2. The maximum atomic E-state index is 8.91. The molecular weight excluding hydrogens is 198 g/mol. The van der Waals surface area contributed by atoms with Gasteiger partial charge in [0.25, 0.3) is 0 Å². The van der Waals surface area contributed by atoms with Crippen LogP contribution in [0.25, 0.3) is 0 Å². The first kappa shape index (κ1) is 10.5. The van der Waals surface area contributed by atoms with Crippen molar-refractivity contribution in [3.8, 4) is 0 Å². The molecule has 6 nitrogen and oxygen atoms in total. The van der Waals surface area contributed by atoms with Crippen LogP contribution in [0.1, 0.15) is 24.5 Å². The van der Waals surface area contributed by atoms with Crippen molar-refractivity contribution in [2.75, 3.05) is 20.3 Å². The van der Waals surface area contributed by atoms with Crippen molar-refractivity contribution in [3.05, 3.63) is 11.6 Å². The smallest absolute Gasteiger partial charge is 0.182 e. The number of H-pyrrole nitrogens is 1. The molecule has 15 heavy (non-hydrogen) atoms. The number of aliphatic hydroxyl groups is 1. The fourth-order valence-corrected chi connectivity index (χ4v) is 1.79. The zero-order valence-electron chi connectivity index (χ0n) is 8.69. The number of ether oxygens (including phenoxy) is 2. The van der Waals surface area contributed by atoms with Crippen LogP contribution < -0.4 is 0 Å². The van der Waals surface area contributed by atoms with Gasteiger partial charge in [0.2, 0.25) is 0 Å². The minimum Gasteiger partial charge on any atom is -0.388 e. The molecule has 1 aromatic heterocycles. The second-order valence-electron chi connectivity index (χ2n) is 3.57. The first-order valence-electron chi connectivity index (χ1n) is 4.96. The number of hydrogen-bond acceptors (Lipinski definition) is 5. The van der Waals surface area contributed by atoms with Gasteiger partial charge in [-0.25, -0.2) is 4.98 Å². The molecule has 2 rings (SSSR count). The number of rotatable bonds is 3. The lowest BCUT2D eigenvalue weighted by Gasteiger charge is -2.33. The van der Waals surface area contributed by atoms with Crippen LogP contribution in [0, 0.1) is 0 Å². The van der Waals surface area contributed by atoms with E-state index in [1.807, 2.05) is 0 Å². The Bertz CT molecular complexity index is 320. The van der Waals surface area contributed by atoms with Gasteiger partial charge in [-0.05, 0) is 0 Å². The molecular formula is C9H15N3O3. The average molecular weight is 213 g/mol. The molecule has 1 fully saturated rings. The molecule has 0 radical (unpaired) electrons. The van der Waals surface area contributed by atoms with E-state index in [1.165, 1.54) is 0 Å². The van der Waals surface area contributed by atoms with Crippen molar-refractivity contribution in [1.29, 1.82) is 0 Å².